The summed E-state index contributed by atoms with van der Waals surface area (Å²) in [5, 5.41) is 1.48. The predicted octanol–water partition coefficient (Wildman–Crippen LogP) is 2.73. The summed E-state index contributed by atoms with van der Waals surface area (Å²) in [6.07, 6.45) is 1.29. The van der Waals surface area contributed by atoms with Gasteiger partial charge in [-0.1, -0.05) is 0 Å². The number of hydrogen-bond donors (Lipinski definition) is 1. The van der Waals surface area contributed by atoms with E-state index in [0.29, 0.717) is 19.4 Å². The summed E-state index contributed by atoms with van der Waals surface area (Å²) >= 11 is 0. The van der Waals surface area contributed by atoms with Crippen molar-refractivity contribution in [3.05, 3.63) is 35.4 Å². The van der Waals surface area contributed by atoms with Crippen LogP contribution in [0.5, 0.6) is 0 Å². The molecule has 0 unspecified atom stereocenters. The molecular weight excluding hydrogens is 298 g/mol. The van der Waals surface area contributed by atoms with E-state index in [9.17, 15) is 17.2 Å². The van der Waals surface area contributed by atoms with Crippen LogP contribution in [0.3, 0.4) is 0 Å². The van der Waals surface area contributed by atoms with Crippen molar-refractivity contribution in [2.45, 2.75) is 44.4 Å². The molecule has 1 heterocycles. The van der Waals surface area contributed by atoms with Crippen LogP contribution < -0.4 is 4.83 Å². The molecule has 1 aliphatic rings. The van der Waals surface area contributed by atoms with E-state index in [1.807, 2.05) is 0 Å². The molecule has 1 aromatic rings. The van der Waals surface area contributed by atoms with E-state index >= 15 is 0 Å². The van der Waals surface area contributed by atoms with Gasteiger partial charge in [-0.2, -0.15) is 0 Å². The molecule has 0 aromatic heterocycles. The Morgan fingerprint density at radius 2 is 1.95 bits per heavy atom. The van der Waals surface area contributed by atoms with Gasteiger partial charge < -0.3 is 0 Å². The minimum Gasteiger partial charge on any atom is -0.223 e. The van der Waals surface area contributed by atoms with Crippen molar-refractivity contribution in [3.8, 4) is 0 Å². The van der Waals surface area contributed by atoms with Gasteiger partial charge in [-0.25, -0.2) is 22.2 Å². The molecule has 118 valence electrons. The lowest BCUT2D eigenvalue weighted by molar-refractivity contribution is 0.216. The smallest absolute Gasteiger partial charge is 0.223 e. The van der Waals surface area contributed by atoms with Crippen LogP contribution in [0.15, 0.2) is 18.2 Å². The molecule has 4 nitrogen and oxygen atoms in total. The highest BCUT2D eigenvalue weighted by molar-refractivity contribution is 7.90. The van der Waals surface area contributed by atoms with Crippen molar-refractivity contribution in [2.75, 3.05) is 6.54 Å². The Kier molecular flexibility index (Phi) is 4.37. The third kappa shape index (κ3) is 3.41. The zero-order chi connectivity index (χ0) is 15.8. The maximum atomic E-state index is 13.9. The Morgan fingerprint density at radius 1 is 1.29 bits per heavy atom. The average molecular weight is 318 g/mol. The average Bonchev–Trinajstić information content (AvgIpc) is 2.78. The second kappa shape index (κ2) is 5.62. The number of halogens is 2. The van der Waals surface area contributed by atoms with E-state index in [-0.39, 0.29) is 5.56 Å². The molecule has 1 aliphatic heterocycles. The number of sulfonamides is 1. The fraction of sp³-hybridized carbons (Fsp3) is 0.571. The lowest BCUT2D eigenvalue weighted by Crippen LogP contribution is -2.48. The van der Waals surface area contributed by atoms with Gasteiger partial charge in [-0.15, -0.1) is 4.83 Å². The molecule has 1 atom stereocenters. The van der Waals surface area contributed by atoms with Crippen molar-refractivity contribution in [3.63, 3.8) is 0 Å². The Balaban J connectivity index is 2.28. The zero-order valence-electron chi connectivity index (χ0n) is 12.4. The molecule has 0 spiro atoms. The van der Waals surface area contributed by atoms with Crippen LogP contribution in [-0.2, 0) is 10.0 Å². The molecule has 7 heteroatoms. The maximum Gasteiger partial charge on any atom is 0.229 e. The summed E-state index contributed by atoms with van der Waals surface area (Å²) < 4.78 is 50.7. The Labute approximate surface area is 124 Å². The van der Waals surface area contributed by atoms with Crippen molar-refractivity contribution in [1.82, 2.24) is 9.84 Å². The van der Waals surface area contributed by atoms with Gasteiger partial charge in [0.2, 0.25) is 10.0 Å². The summed E-state index contributed by atoms with van der Waals surface area (Å²) in [7, 11) is -3.59. The predicted molar refractivity (Wildman–Crippen MR) is 76.8 cm³/mol. The number of rotatable bonds is 3. The van der Waals surface area contributed by atoms with Crippen LogP contribution in [0, 0.1) is 11.6 Å². The minimum atomic E-state index is -3.59. The summed E-state index contributed by atoms with van der Waals surface area (Å²) in [4.78, 5) is 2.51. The number of benzene rings is 1. The first-order valence-electron chi connectivity index (χ1n) is 6.85. The Hall–Kier alpha value is -1.05. The van der Waals surface area contributed by atoms with Gasteiger partial charge in [-0.05, 0) is 51.8 Å². The van der Waals surface area contributed by atoms with Crippen LogP contribution in [0.4, 0.5) is 8.78 Å². The first kappa shape index (κ1) is 16.3. The van der Waals surface area contributed by atoms with Crippen LogP contribution in [-0.4, -0.2) is 24.7 Å². The molecular formula is C14H20F2N2O2S. The molecule has 21 heavy (non-hydrogen) atoms. The van der Waals surface area contributed by atoms with Crippen molar-refractivity contribution in [1.29, 1.82) is 0 Å². The third-order valence-corrected chi connectivity index (χ3v) is 5.70. The minimum absolute atomic E-state index is 0.184. The number of hydrogen-bond acceptors (Lipinski definition) is 3. The molecule has 2 rings (SSSR count). The highest BCUT2D eigenvalue weighted by atomic mass is 32.2. The first-order chi connectivity index (χ1) is 9.62. The van der Waals surface area contributed by atoms with Gasteiger partial charge in [0.15, 0.2) is 0 Å². The second-order valence-corrected chi connectivity index (χ2v) is 8.64. The van der Waals surface area contributed by atoms with Crippen LogP contribution >= 0.6 is 0 Å². The van der Waals surface area contributed by atoms with Crippen LogP contribution in [0.1, 0.15) is 45.2 Å². The van der Waals surface area contributed by atoms with E-state index < -0.39 is 32.4 Å². The SMILES string of the molecule is CC(C)(C)S(=O)(=O)NN1CCC[C@@H]1c1cc(F)ccc1F. The quantitative estimate of drug-likeness (QED) is 0.932. The number of nitrogens with one attached hydrogen (secondary N) is 1. The van der Waals surface area contributed by atoms with Gasteiger partial charge >= 0.3 is 0 Å². The zero-order valence-corrected chi connectivity index (χ0v) is 13.2. The lowest BCUT2D eigenvalue weighted by Gasteiger charge is -2.29. The summed E-state index contributed by atoms with van der Waals surface area (Å²) in [6, 6.07) is 2.76. The number of hydrazine groups is 1. The molecule has 1 saturated heterocycles. The summed E-state index contributed by atoms with van der Waals surface area (Å²) in [5.74, 6) is -1.06. The molecule has 0 aliphatic carbocycles. The van der Waals surface area contributed by atoms with E-state index in [1.54, 1.807) is 20.8 Å². The molecule has 0 saturated carbocycles. The highest BCUT2D eigenvalue weighted by Crippen LogP contribution is 2.33. The fourth-order valence-corrected chi connectivity index (χ4v) is 3.06. The summed E-state index contributed by atoms with van der Waals surface area (Å²) in [5.41, 5.74) is 0.184. The van der Waals surface area contributed by atoms with Crippen LogP contribution in [0.2, 0.25) is 0 Å². The van der Waals surface area contributed by atoms with E-state index in [1.165, 1.54) is 5.01 Å². The molecule has 0 amide bonds. The monoisotopic (exact) mass is 318 g/mol. The van der Waals surface area contributed by atoms with Crippen LogP contribution in [0.25, 0.3) is 0 Å². The maximum absolute atomic E-state index is 13.9. The highest BCUT2D eigenvalue weighted by Gasteiger charge is 2.36. The molecule has 1 fully saturated rings. The normalized spacial score (nSPS) is 20.9. The Morgan fingerprint density at radius 3 is 2.57 bits per heavy atom. The van der Waals surface area contributed by atoms with Gasteiger partial charge in [0.1, 0.15) is 11.6 Å². The molecule has 1 N–H and O–H groups in total. The van der Waals surface area contributed by atoms with E-state index in [0.717, 1.165) is 18.2 Å². The second-order valence-electron chi connectivity index (χ2n) is 6.22. The first-order valence-corrected chi connectivity index (χ1v) is 8.34. The Bertz CT molecular complexity index is 626. The molecule has 0 bridgehead atoms. The van der Waals surface area contributed by atoms with Crippen molar-refractivity contribution >= 4 is 10.0 Å². The standard InChI is InChI=1S/C14H20F2N2O2S/c1-14(2,3)21(19,20)17-18-8-4-5-13(18)11-9-10(15)6-7-12(11)16/h6-7,9,13,17H,4-5,8H2,1-3H3/t13-/m1/s1. The fourth-order valence-electron chi connectivity index (χ4n) is 2.26. The molecule has 0 radical (unpaired) electrons. The summed E-state index contributed by atoms with van der Waals surface area (Å²) in [6.45, 7) is 5.23. The number of nitrogens with zero attached hydrogens (tertiary/aromatic N) is 1. The van der Waals surface area contributed by atoms with Gasteiger partial charge in [-0.3, -0.25) is 0 Å². The van der Waals surface area contributed by atoms with Gasteiger partial charge in [0, 0.05) is 12.1 Å². The topological polar surface area (TPSA) is 49.4 Å². The van der Waals surface area contributed by atoms with Gasteiger partial charge in [0.25, 0.3) is 0 Å². The van der Waals surface area contributed by atoms with Crippen molar-refractivity contribution in [2.24, 2.45) is 0 Å². The molecule has 1 aromatic carbocycles. The largest absolute Gasteiger partial charge is 0.229 e. The lowest BCUT2D eigenvalue weighted by atomic mass is 10.0. The third-order valence-electron chi connectivity index (χ3n) is 3.61. The van der Waals surface area contributed by atoms with Gasteiger partial charge in [0.05, 0.1) is 10.8 Å². The van der Waals surface area contributed by atoms with E-state index in [2.05, 4.69) is 4.83 Å². The van der Waals surface area contributed by atoms with E-state index in [4.69, 9.17) is 0 Å². The van der Waals surface area contributed by atoms with Crippen molar-refractivity contribution < 1.29 is 17.2 Å².